The molecule has 0 saturated carbocycles. The number of hydrogen-bond donors (Lipinski definition) is 1. The lowest BCUT2D eigenvalue weighted by atomic mass is 10.2. The standard InChI is InChI=1S/C15H14N4O2S/c20-14-3-1-7-18-19(14)8-2-6-16-15(21)11-4-5-12-13(9-11)22-10-17-12/h1,3-5,7,9-10H,2,6,8H2,(H,16,21). The number of benzene rings is 1. The minimum atomic E-state index is -0.135. The van der Waals surface area contributed by atoms with Gasteiger partial charge in [-0.05, 0) is 30.7 Å². The molecule has 7 heteroatoms. The Kier molecular flexibility index (Phi) is 4.24. The van der Waals surface area contributed by atoms with Crippen molar-refractivity contribution in [2.75, 3.05) is 6.54 Å². The van der Waals surface area contributed by atoms with Gasteiger partial charge in [-0.1, -0.05) is 0 Å². The number of carbonyl (C=O) groups is 1. The maximum atomic E-state index is 12.1. The van der Waals surface area contributed by atoms with E-state index in [1.54, 1.807) is 23.8 Å². The van der Waals surface area contributed by atoms with Crippen molar-refractivity contribution in [3.05, 3.63) is 58.0 Å². The predicted octanol–water partition coefficient (Wildman–Crippen LogP) is 1.67. The highest BCUT2D eigenvalue weighted by atomic mass is 32.1. The molecule has 0 bridgehead atoms. The first-order valence-corrected chi connectivity index (χ1v) is 7.75. The van der Waals surface area contributed by atoms with Crippen LogP contribution in [0.3, 0.4) is 0 Å². The zero-order valence-electron chi connectivity index (χ0n) is 11.7. The quantitative estimate of drug-likeness (QED) is 0.727. The van der Waals surface area contributed by atoms with Crippen molar-refractivity contribution in [2.24, 2.45) is 0 Å². The number of carbonyl (C=O) groups excluding carboxylic acids is 1. The molecular formula is C15H14N4O2S. The van der Waals surface area contributed by atoms with E-state index in [-0.39, 0.29) is 11.5 Å². The second-order valence-corrected chi connectivity index (χ2v) is 5.62. The van der Waals surface area contributed by atoms with E-state index < -0.39 is 0 Å². The van der Waals surface area contributed by atoms with Gasteiger partial charge >= 0.3 is 0 Å². The number of fused-ring (bicyclic) bond motifs is 1. The summed E-state index contributed by atoms with van der Waals surface area (Å²) in [5.41, 5.74) is 3.14. The Labute approximate surface area is 130 Å². The molecule has 0 aliphatic carbocycles. The molecule has 0 aliphatic heterocycles. The van der Waals surface area contributed by atoms with Crippen LogP contribution in [-0.2, 0) is 6.54 Å². The van der Waals surface area contributed by atoms with E-state index >= 15 is 0 Å². The fraction of sp³-hybridized carbons (Fsp3) is 0.200. The minimum Gasteiger partial charge on any atom is -0.352 e. The van der Waals surface area contributed by atoms with Crippen LogP contribution in [0.5, 0.6) is 0 Å². The second-order valence-electron chi connectivity index (χ2n) is 4.73. The van der Waals surface area contributed by atoms with Gasteiger partial charge in [0.05, 0.1) is 15.7 Å². The van der Waals surface area contributed by atoms with Crippen LogP contribution in [0.4, 0.5) is 0 Å². The lowest BCUT2D eigenvalue weighted by Gasteiger charge is -2.06. The number of aromatic nitrogens is 3. The monoisotopic (exact) mass is 314 g/mol. The maximum absolute atomic E-state index is 12.1. The number of nitrogens with zero attached hydrogens (tertiary/aromatic N) is 3. The van der Waals surface area contributed by atoms with Crippen LogP contribution in [0.25, 0.3) is 10.2 Å². The molecule has 2 heterocycles. The molecule has 0 unspecified atom stereocenters. The molecule has 0 fully saturated rings. The van der Waals surface area contributed by atoms with Gasteiger partial charge in [-0.3, -0.25) is 9.59 Å². The van der Waals surface area contributed by atoms with Crippen molar-refractivity contribution in [1.29, 1.82) is 0 Å². The van der Waals surface area contributed by atoms with Crippen molar-refractivity contribution in [1.82, 2.24) is 20.1 Å². The first-order chi connectivity index (χ1) is 10.7. The summed E-state index contributed by atoms with van der Waals surface area (Å²) in [5, 5.41) is 6.81. The van der Waals surface area contributed by atoms with Crippen LogP contribution in [-0.4, -0.2) is 27.2 Å². The molecule has 1 amide bonds. The molecule has 1 N–H and O–H groups in total. The smallest absolute Gasteiger partial charge is 0.266 e. The number of thiazole rings is 1. The first-order valence-electron chi connectivity index (χ1n) is 6.87. The average molecular weight is 314 g/mol. The number of hydrogen-bond acceptors (Lipinski definition) is 5. The summed E-state index contributed by atoms with van der Waals surface area (Å²) >= 11 is 1.51. The third-order valence-electron chi connectivity index (χ3n) is 3.21. The molecule has 1 aromatic carbocycles. The van der Waals surface area contributed by atoms with Crippen molar-refractivity contribution >= 4 is 27.5 Å². The van der Waals surface area contributed by atoms with Gasteiger partial charge in [0, 0.05) is 30.9 Å². The summed E-state index contributed by atoms with van der Waals surface area (Å²) in [5.74, 6) is -0.122. The lowest BCUT2D eigenvalue weighted by Crippen LogP contribution is -2.27. The fourth-order valence-electron chi connectivity index (χ4n) is 2.08. The molecule has 0 spiro atoms. The zero-order valence-corrected chi connectivity index (χ0v) is 12.5. The van der Waals surface area contributed by atoms with E-state index in [1.807, 2.05) is 12.1 Å². The first kappa shape index (κ1) is 14.4. The largest absolute Gasteiger partial charge is 0.352 e. The topological polar surface area (TPSA) is 76.9 Å². The summed E-state index contributed by atoms with van der Waals surface area (Å²) in [6, 6.07) is 8.52. The normalized spacial score (nSPS) is 10.7. The summed E-state index contributed by atoms with van der Waals surface area (Å²) in [4.78, 5) is 27.7. The van der Waals surface area contributed by atoms with E-state index in [9.17, 15) is 9.59 Å². The summed E-state index contributed by atoms with van der Waals surface area (Å²) in [6.45, 7) is 0.969. The van der Waals surface area contributed by atoms with Crippen LogP contribution in [0.2, 0.25) is 0 Å². The van der Waals surface area contributed by atoms with Crippen LogP contribution >= 0.6 is 11.3 Å². The van der Waals surface area contributed by atoms with E-state index in [2.05, 4.69) is 15.4 Å². The molecule has 112 valence electrons. The molecule has 0 saturated heterocycles. The van der Waals surface area contributed by atoms with Crippen LogP contribution < -0.4 is 10.9 Å². The van der Waals surface area contributed by atoms with Gasteiger partial charge in [0.15, 0.2) is 0 Å². The lowest BCUT2D eigenvalue weighted by molar-refractivity contribution is 0.0952. The molecule has 6 nitrogen and oxygen atoms in total. The molecule has 0 radical (unpaired) electrons. The molecular weight excluding hydrogens is 300 g/mol. The Morgan fingerprint density at radius 1 is 1.32 bits per heavy atom. The fourth-order valence-corrected chi connectivity index (χ4v) is 2.80. The Hall–Kier alpha value is -2.54. The van der Waals surface area contributed by atoms with Gasteiger partial charge < -0.3 is 5.32 Å². The average Bonchev–Trinajstić information content (AvgIpc) is 3.00. The molecule has 22 heavy (non-hydrogen) atoms. The molecule has 2 aromatic heterocycles. The SMILES string of the molecule is O=C(NCCCn1ncccc1=O)c1ccc2ncsc2c1. The Morgan fingerprint density at radius 3 is 3.09 bits per heavy atom. The highest BCUT2D eigenvalue weighted by molar-refractivity contribution is 7.16. The van der Waals surface area contributed by atoms with Gasteiger partial charge in [-0.15, -0.1) is 11.3 Å². The van der Waals surface area contributed by atoms with Gasteiger partial charge in [-0.2, -0.15) is 5.10 Å². The van der Waals surface area contributed by atoms with Gasteiger partial charge in [0.1, 0.15) is 0 Å². The number of rotatable bonds is 5. The molecule has 3 rings (SSSR count). The van der Waals surface area contributed by atoms with Crippen molar-refractivity contribution in [3.63, 3.8) is 0 Å². The predicted molar refractivity (Wildman–Crippen MR) is 85.1 cm³/mol. The summed E-state index contributed by atoms with van der Waals surface area (Å²) < 4.78 is 2.38. The number of nitrogens with one attached hydrogen (secondary N) is 1. The molecule has 0 atom stereocenters. The zero-order chi connectivity index (χ0) is 15.4. The van der Waals surface area contributed by atoms with E-state index in [4.69, 9.17) is 0 Å². The van der Waals surface area contributed by atoms with E-state index in [1.165, 1.54) is 22.1 Å². The Morgan fingerprint density at radius 2 is 2.23 bits per heavy atom. The minimum absolute atomic E-state index is 0.122. The second kappa shape index (κ2) is 6.48. The molecule has 0 aliphatic rings. The maximum Gasteiger partial charge on any atom is 0.266 e. The third-order valence-corrected chi connectivity index (χ3v) is 4.00. The number of aryl methyl sites for hydroxylation is 1. The van der Waals surface area contributed by atoms with Crippen molar-refractivity contribution in [2.45, 2.75) is 13.0 Å². The van der Waals surface area contributed by atoms with Crippen molar-refractivity contribution < 1.29 is 4.79 Å². The van der Waals surface area contributed by atoms with E-state index in [0.717, 1.165) is 10.2 Å². The summed E-state index contributed by atoms with van der Waals surface area (Å²) in [6.07, 6.45) is 2.22. The van der Waals surface area contributed by atoms with Gasteiger partial charge in [0.2, 0.25) is 0 Å². The Bertz CT molecular complexity index is 856. The summed E-state index contributed by atoms with van der Waals surface area (Å²) in [7, 11) is 0. The highest BCUT2D eigenvalue weighted by Crippen LogP contribution is 2.18. The van der Waals surface area contributed by atoms with Crippen LogP contribution in [0.15, 0.2) is 46.8 Å². The highest BCUT2D eigenvalue weighted by Gasteiger charge is 2.07. The number of amides is 1. The van der Waals surface area contributed by atoms with E-state index in [0.29, 0.717) is 25.1 Å². The van der Waals surface area contributed by atoms with Crippen LogP contribution in [0.1, 0.15) is 16.8 Å². The van der Waals surface area contributed by atoms with Gasteiger partial charge in [0.25, 0.3) is 11.5 Å². The van der Waals surface area contributed by atoms with Crippen molar-refractivity contribution in [3.8, 4) is 0 Å². The Balaban J connectivity index is 1.54. The van der Waals surface area contributed by atoms with Gasteiger partial charge in [-0.25, -0.2) is 9.67 Å². The molecule has 3 aromatic rings. The third kappa shape index (κ3) is 3.20. The van der Waals surface area contributed by atoms with Crippen LogP contribution in [0, 0.1) is 0 Å².